The standard InChI is InChI=1S/C12H11FN2O4/c1-2-8(19-12(14)17)10(16)11-15-7-4-3-6(13)5-9(7)18-11/h3-5,8H,2H2,1H3,(H2,14,17)/t8-/m0/s1. The lowest BCUT2D eigenvalue weighted by Gasteiger charge is -2.10. The number of nitrogens with zero attached hydrogens (tertiary/aromatic N) is 1. The van der Waals surface area contributed by atoms with Gasteiger partial charge in [0.1, 0.15) is 11.3 Å². The van der Waals surface area contributed by atoms with Crippen LogP contribution in [0.15, 0.2) is 22.6 Å². The molecule has 1 aromatic heterocycles. The molecule has 0 aliphatic carbocycles. The number of amides is 1. The van der Waals surface area contributed by atoms with E-state index < -0.39 is 23.8 Å². The summed E-state index contributed by atoms with van der Waals surface area (Å²) in [6.45, 7) is 1.65. The second kappa shape index (κ2) is 5.05. The number of hydrogen-bond donors (Lipinski definition) is 1. The average molecular weight is 266 g/mol. The fourth-order valence-corrected chi connectivity index (χ4v) is 1.60. The van der Waals surface area contributed by atoms with Crippen molar-refractivity contribution >= 4 is 23.0 Å². The molecular formula is C12H11FN2O4. The molecule has 0 bridgehead atoms. The molecule has 0 unspecified atom stereocenters. The highest BCUT2D eigenvalue weighted by Gasteiger charge is 2.26. The van der Waals surface area contributed by atoms with Crippen LogP contribution in [0.4, 0.5) is 9.18 Å². The maximum absolute atomic E-state index is 13.0. The van der Waals surface area contributed by atoms with Crippen molar-refractivity contribution in [3.05, 3.63) is 29.9 Å². The van der Waals surface area contributed by atoms with Crippen molar-refractivity contribution in [1.82, 2.24) is 4.98 Å². The zero-order chi connectivity index (χ0) is 14.0. The van der Waals surface area contributed by atoms with Crippen LogP contribution in [0, 0.1) is 5.82 Å². The van der Waals surface area contributed by atoms with Crippen LogP contribution in [-0.2, 0) is 4.74 Å². The number of aromatic nitrogens is 1. The van der Waals surface area contributed by atoms with Gasteiger partial charge in [-0.15, -0.1) is 0 Å². The molecule has 0 aliphatic rings. The number of ether oxygens (including phenoxy) is 1. The Bertz CT molecular complexity index is 638. The van der Waals surface area contributed by atoms with Crippen molar-refractivity contribution in [1.29, 1.82) is 0 Å². The lowest BCUT2D eigenvalue weighted by molar-refractivity contribution is 0.0616. The van der Waals surface area contributed by atoms with Gasteiger partial charge >= 0.3 is 6.09 Å². The van der Waals surface area contributed by atoms with Gasteiger partial charge in [-0.1, -0.05) is 6.92 Å². The molecule has 2 aromatic rings. The van der Waals surface area contributed by atoms with Gasteiger partial charge in [0.2, 0.25) is 0 Å². The second-order valence-electron chi connectivity index (χ2n) is 3.83. The third-order valence-corrected chi connectivity index (χ3v) is 2.48. The van der Waals surface area contributed by atoms with Crippen molar-refractivity contribution in [3.63, 3.8) is 0 Å². The Labute approximate surface area is 107 Å². The number of primary amides is 1. The number of oxazole rings is 1. The first-order valence-corrected chi connectivity index (χ1v) is 5.57. The lowest BCUT2D eigenvalue weighted by atomic mass is 10.2. The number of nitrogens with two attached hydrogens (primary N) is 1. The average Bonchev–Trinajstić information content (AvgIpc) is 2.77. The highest BCUT2D eigenvalue weighted by atomic mass is 19.1. The van der Waals surface area contributed by atoms with E-state index in [9.17, 15) is 14.0 Å². The fraction of sp³-hybridized carbons (Fsp3) is 0.250. The van der Waals surface area contributed by atoms with E-state index in [0.29, 0.717) is 5.52 Å². The SMILES string of the molecule is CC[C@H](OC(N)=O)C(=O)c1nc2ccc(F)cc2o1. The number of halogens is 1. The number of Topliss-reactive ketones (excluding diaryl/α,β-unsaturated/α-hetero) is 1. The van der Waals surface area contributed by atoms with Gasteiger partial charge in [0, 0.05) is 6.07 Å². The van der Waals surface area contributed by atoms with Crippen molar-refractivity contribution in [2.45, 2.75) is 19.4 Å². The minimum atomic E-state index is -1.06. The Hall–Kier alpha value is -2.44. The molecule has 0 saturated heterocycles. The first-order valence-electron chi connectivity index (χ1n) is 5.57. The number of fused-ring (bicyclic) bond motifs is 1. The van der Waals surface area contributed by atoms with E-state index in [1.807, 2.05) is 0 Å². The van der Waals surface area contributed by atoms with Crippen molar-refractivity contribution in [2.24, 2.45) is 5.73 Å². The van der Waals surface area contributed by atoms with Gasteiger partial charge in [0.15, 0.2) is 11.7 Å². The maximum atomic E-state index is 13.0. The van der Waals surface area contributed by atoms with Crippen LogP contribution < -0.4 is 5.73 Å². The number of carbonyl (C=O) groups excluding carboxylic acids is 2. The molecule has 0 saturated carbocycles. The molecule has 1 aromatic carbocycles. The first-order chi connectivity index (χ1) is 9.01. The van der Waals surface area contributed by atoms with E-state index in [2.05, 4.69) is 9.72 Å². The third-order valence-electron chi connectivity index (χ3n) is 2.48. The van der Waals surface area contributed by atoms with Gasteiger partial charge in [-0.2, -0.15) is 0 Å². The van der Waals surface area contributed by atoms with E-state index in [0.717, 1.165) is 6.07 Å². The summed E-state index contributed by atoms with van der Waals surface area (Å²) in [5.74, 6) is -1.35. The Balaban J connectivity index is 2.32. The van der Waals surface area contributed by atoms with Gasteiger partial charge in [-0.3, -0.25) is 4.79 Å². The van der Waals surface area contributed by atoms with Gasteiger partial charge in [0.25, 0.3) is 11.7 Å². The molecule has 100 valence electrons. The normalized spacial score (nSPS) is 12.3. The smallest absolute Gasteiger partial charge is 0.405 e. The van der Waals surface area contributed by atoms with Crippen LogP contribution in [0.2, 0.25) is 0 Å². The zero-order valence-corrected chi connectivity index (χ0v) is 10.1. The van der Waals surface area contributed by atoms with Crippen LogP contribution in [0.3, 0.4) is 0 Å². The van der Waals surface area contributed by atoms with E-state index in [1.54, 1.807) is 6.92 Å². The monoisotopic (exact) mass is 266 g/mol. The van der Waals surface area contributed by atoms with Crippen LogP contribution >= 0.6 is 0 Å². The Kier molecular flexibility index (Phi) is 3.46. The summed E-state index contributed by atoms with van der Waals surface area (Å²) in [6.07, 6.45) is -1.88. The summed E-state index contributed by atoms with van der Waals surface area (Å²) in [4.78, 5) is 26.6. The van der Waals surface area contributed by atoms with E-state index in [1.165, 1.54) is 12.1 Å². The van der Waals surface area contributed by atoms with Crippen LogP contribution in [0.1, 0.15) is 24.0 Å². The molecule has 7 heteroatoms. The molecule has 0 spiro atoms. The van der Waals surface area contributed by atoms with Gasteiger partial charge in [-0.05, 0) is 18.6 Å². The van der Waals surface area contributed by atoms with Gasteiger partial charge in [-0.25, -0.2) is 14.2 Å². The maximum Gasteiger partial charge on any atom is 0.405 e. The molecule has 2 rings (SSSR count). The topological polar surface area (TPSA) is 95.4 Å². The van der Waals surface area contributed by atoms with Gasteiger partial charge in [0.05, 0.1) is 0 Å². The predicted octanol–water partition coefficient (Wildman–Crippen LogP) is 2.02. The highest BCUT2D eigenvalue weighted by molar-refractivity contribution is 5.98. The Morgan fingerprint density at radius 1 is 1.53 bits per heavy atom. The lowest BCUT2D eigenvalue weighted by Crippen LogP contribution is -2.29. The van der Waals surface area contributed by atoms with Crippen LogP contribution in [0.25, 0.3) is 11.1 Å². The van der Waals surface area contributed by atoms with Crippen LogP contribution in [-0.4, -0.2) is 23.0 Å². The molecule has 6 nitrogen and oxygen atoms in total. The minimum absolute atomic E-state index is 0.150. The van der Waals surface area contributed by atoms with E-state index in [-0.39, 0.29) is 17.9 Å². The minimum Gasteiger partial charge on any atom is -0.438 e. The largest absolute Gasteiger partial charge is 0.438 e. The summed E-state index contributed by atoms with van der Waals surface area (Å²) in [7, 11) is 0. The number of ketones is 1. The fourth-order valence-electron chi connectivity index (χ4n) is 1.60. The summed E-state index contributed by atoms with van der Waals surface area (Å²) in [5.41, 5.74) is 5.36. The number of carbonyl (C=O) groups is 2. The van der Waals surface area contributed by atoms with Crippen molar-refractivity contribution in [3.8, 4) is 0 Å². The molecule has 0 radical (unpaired) electrons. The Morgan fingerprint density at radius 2 is 2.26 bits per heavy atom. The van der Waals surface area contributed by atoms with Crippen LogP contribution in [0.5, 0.6) is 0 Å². The molecule has 1 heterocycles. The Morgan fingerprint density at radius 3 is 2.89 bits per heavy atom. The summed E-state index contributed by atoms with van der Waals surface area (Å²) in [5, 5.41) is 0. The molecule has 1 atom stereocenters. The predicted molar refractivity (Wildman–Crippen MR) is 63.0 cm³/mol. The second-order valence-corrected chi connectivity index (χ2v) is 3.83. The van der Waals surface area contributed by atoms with Gasteiger partial charge < -0.3 is 14.9 Å². The van der Waals surface area contributed by atoms with Crippen molar-refractivity contribution in [2.75, 3.05) is 0 Å². The number of rotatable bonds is 4. The first kappa shape index (κ1) is 13.0. The number of benzene rings is 1. The molecule has 19 heavy (non-hydrogen) atoms. The molecular weight excluding hydrogens is 255 g/mol. The summed E-state index contributed by atoms with van der Waals surface area (Å²) < 4.78 is 22.8. The molecule has 2 N–H and O–H groups in total. The number of hydrogen-bond acceptors (Lipinski definition) is 5. The highest BCUT2D eigenvalue weighted by Crippen LogP contribution is 2.18. The quantitative estimate of drug-likeness (QED) is 0.854. The molecule has 0 aliphatic heterocycles. The third kappa shape index (κ3) is 2.70. The molecule has 1 amide bonds. The summed E-state index contributed by atoms with van der Waals surface area (Å²) >= 11 is 0. The van der Waals surface area contributed by atoms with E-state index >= 15 is 0 Å². The van der Waals surface area contributed by atoms with E-state index in [4.69, 9.17) is 10.2 Å². The molecule has 0 fully saturated rings. The van der Waals surface area contributed by atoms with Crippen molar-refractivity contribution < 1.29 is 23.1 Å². The zero-order valence-electron chi connectivity index (χ0n) is 10.1. The summed E-state index contributed by atoms with van der Waals surface area (Å²) in [6, 6.07) is 3.71.